The standard InChI is InChI=1S/C30H32N4O4/c1-34(2)16-6-7-17-37-28-19-27-26(18-23(28)10-15-29(35)36)30(32-21-31-27)33-24-11-13-25(14-12-24)38-20-22-8-4-3-5-9-22/h3-5,8-15,18-19,21H,6-7,16-17,20H2,1-2H3,(H,35,36)(H,31,32,33). The molecule has 0 unspecified atom stereocenters. The summed E-state index contributed by atoms with van der Waals surface area (Å²) in [6, 6.07) is 21.3. The SMILES string of the molecule is CN(C)CCCCOc1cc2ncnc(Nc3ccc(OCc4ccccc4)cc3)c2cc1C=CC(=O)O. The lowest BCUT2D eigenvalue weighted by Gasteiger charge is -2.14. The lowest BCUT2D eigenvalue weighted by atomic mass is 10.1. The number of aromatic nitrogens is 2. The van der Waals surface area contributed by atoms with Gasteiger partial charge in [-0.3, -0.25) is 0 Å². The van der Waals surface area contributed by atoms with E-state index in [0.717, 1.165) is 47.8 Å². The fourth-order valence-corrected chi connectivity index (χ4v) is 3.84. The predicted molar refractivity (Wildman–Crippen MR) is 150 cm³/mol. The molecule has 4 rings (SSSR count). The number of rotatable bonds is 13. The predicted octanol–water partition coefficient (Wildman–Crippen LogP) is 5.77. The van der Waals surface area contributed by atoms with Crippen LogP contribution < -0.4 is 14.8 Å². The Labute approximate surface area is 222 Å². The number of anilines is 2. The Morgan fingerprint density at radius 3 is 2.53 bits per heavy atom. The third-order valence-electron chi connectivity index (χ3n) is 5.79. The van der Waals surface area contributed by atoms with Crippen molar-refractivity contribution in [1.29, 1.82) is 0 Å². The van der Waals surface area contributed by atoms with Crippen LogP contribution >= 0.6 is 0 Å². The van der Waals surface area contributed by atoms with Crippen molar-refractivity contribution in [3.05, 3.63) is 90.3 Å². The maximum absolute atomic E-state index is 11.2. The van der Waals surface area contributed by atoms with E-state index in [4.69, 9.17) is 9.47 Å². The number of carboxylic acid groups (broad SMARTS) is 1. The Morgan fingerprint density at radius 2 is 1.79 bits per heavy atom. The Hall–Kier alpha value is -4.43. The summed E-state index contributed by atoms with van der Waals surface area (Å²) in [5.41, 5.74) is 3.28. The molecule has 2 N–H and O–H groups in total. The summed E-state index contributed by atoms with van der Waals surface area (Å²) in [5.74, 6) is 0.930. The van der Waals surface area contributed by atoms with E-state index in [-0.39, 0.29) is 0 Å². The lowest BCUT2D eigenvalue weighted by Crippen LogP contribution is -2.13. The minimum Gasteiger partial charge on any atom is -0.493 e. The van der Waals surface area contributed by atoms with Gasteiger partial charge in [-0.15, -0.1) is 0 Å². The monoisotopic (exact) mass is 512 g/mol. The Kier molecular flexibility index (Phi) is 9.26. The van der Waals surface area contributed by atoms with Gasteiger partial charge in [-0.2, -0.15) is 0 Å². The molecule has 0 bridgehead atoms. The second-order valence-corrected chi connectivity index (χ2v) is 9.08. The van der Waals surface area contributed by atoms with E-state index in [9.17, 15) is 9.90 Å². The van der Waals surface area contributed by atoms with E-state index in [1.165, 1.54) is 12.4 Å². The van der Waals surface area contributed by atoms with Crippen molar-refractivity contribution < 1.29 is 19.4 Å². The Bertz CT molecular complexity index is 1370. The summed E-state index contributed by atoms with van der Waals surface area (Å²) in [6.45, 7) is 2.01. The van der Waals surface area contributed by atoms with Gasteiger partial charge in [0, 0.05) is 28.8 Å². The number of fused-ring (bicyclic) bond motifs is 1. The number of aliphatic carboxylic acids is 1. The van der Waals surface area contributed by atoms with Crippen molar-refractivity contribution in [2.24, 2.45) is 0 Å². The van der Waals surface area contributed by atoms with Gasteiger partial charge in [0.05, 0.1) is 12.1 Å². The molecule has 4 aromatic rings. The van der Waals surface area contributed by atoms with Crippen molar-refractivity contribution in [1.82, 2.24) is 14.9 Å². The van der Waals surface area contributed by atoms with Crippen LogP contribution in [-0.4, -0.2) is 53.2 Å². The average Bonchev–Trinajstić information content (AvgIpc) is 2.92. The first-order valence-corrected chi connectivity index (χ1v) is 12.5. The molecule has 3 aromatic carbocycles. The van der Waals surface area contributed by atoms with Crippen LogP contribution in [0.4, 0.5) is 11.5 Å². The summed E-state index contributed by atoms with van der Waals surface area (Å²) in [4.78, 5) is 22.2. The number of carbonyl (C=O) groups is 1. The topological polar surface area (TPSA) is 96.8 Å². The smallest absolute Gasteiger partial charge is 0.328 e. The van der Waals surface area contributed by atoms with Crippen molar-refractivity contribution in [3.8, 4) is 11.5 Å². The maximum Gasteiger partial charge on any atom is 0.328 e. The van der Waals surface area contributed by atoms with Gasteiger partial charge in [0.25, 0.3) is 0 Å². The molecule has 0 spiro atoms. The molecule has 1 heterocycles. The number of nitrogens with zero attached hydrogens (tertiary/aromatic N) is 3. The number of hydrogen-bond donors (Lipinski definition) is 2. The van der Waals surface area contributed by atoms with Crippen LogP contribution in [0, 0.1) is 0 Å². The highest BCUT2D eigenvalue weighted by atomic mass is 16.5. The van der Waals surface area contributed by atoms with Crippen molar-refractivity contribution >= 4 is 34.5 Å². The molecule has 0 amide bonds. The second-order valence-electron chi connectivity index (χ2n) is 9.08. The maximum atomic E-state index is 11.2. The van der Waals surface area contributed by atoms with E-state index in [0.29, 0.717) is 35.9 Å². The van der Waals surface area contributed by atoms with Gasteiger partial charge in [-0.05, 0) is 75.5 Å². The van der Waals surface area contributed by atoms with Crippen LogP contribution in [0.2, 0.25) is 0 Å². The summed E-state index contributed by atoms with van der Waals surface area (Å²) in [5, 5.41) is 13.3. The first-order valence-electron chi connectivity index (χ1n) is 12.5. The van der Waals surface area contributed by atoms with Gasteiger partial charge in [-0.1, -0.05) is 30.3 Å². The number of ether oxygens (including phenoxy) is 2. The van der Waals surface area contributed by atoms with Gasteiger partial charge >= 0.3 is 5.97 Å². The molecule has 8 heteroatoms. The highest BCUT2D eigenvalue weighted by Gasteiger charge is 2.11. The van der Waals surface area contributed by atoms with Gasteiger partial charge in [0.2, 0.25) is 0 Å². The quantitative estimate of drug-likeness (QED) is 0.172. The highest BCUT2D eigenvalue weighted by Crippen LogP contribution is 2.31. The zero-order valence-electron chi connectivity index (χ0n) is 21.6. The van der Waals surface area contributed by atoms with E-state index in [1.807, 2.05) is 80.8 Å². The highest BCUT2D eigenvalue weighted by molar-refractivity contribution is 5.95. The fraction of sp³-hybridized carbons (Fsp3) is 0.233. The summed E-state index contributed by atoms with van der Waals surface area (Å²) >= 11 is 0. The minimum absolute atomic E-state index is 0.497. The number of unbranched alkanes of at least 4 members (excludes halogenated alkanes) is 1. The fourth-order valence-electron chi connectivity index (χ4n) is 3.84. The number of hydrogen-bond acceptors (Lipinski definition) is 7. The molecule has 0 atom stereocenters. The van der Waals surface area contributed by atoms with Crippen LogP contribution in [0.15, 0.2) is 79.1 Å². The Balaban J connectivity index is 1.50. The summed E-state index contributed by atoms with van der Waals surface area (Å²) < 4.78 is 11.9. The van der Waals surface area contributed by atoms with Gasteiger partial charge in [0.15, 0.2) is 0 Å². The molecule has 8 nitrogen and oxygen atoms in total. The van der Waals surface area contributed by atoms with Crippen molar-refractivity contribution in [3.63, 3.8) is 0 Å². The van der Waals surface area contributed by atoms with Gasteiger partial charge in [-0.25, -0.2) is 14.8 Å². The van der Waals surface area contributed by atoms with E-state index < -0.39 is 5.97 Å². The minimum atomic E-state index is -1.03. The molecular formula is C30H32N4O4. The van der Waals surface area contributed by atoms with Crippen LogP contribution in [0.25, 0.3) is 17.0 Å². The zero-order valence-corrected chi connectivity index (χ0v) is 21.6. The van der Waals surface area contributed by atoms with Crippen LogP contribution in [0.3, 0.4) is 0 Å². The third-order valence-corrected chi connectivity index (χ3v) is 5.79. The molecular weight excluding hydrogens is 480 g/mol. The summed E-state index contributed by atoms with van der Waals surface area (Å²) in [6.07, 6.45) is 6.03. The Morgan fingerprint density at radius 1 is 1.00 bits per heavy atom. The number of carboxylic acids is 1. The van der Waals surface area contributed by atoms with Crippen molar-refractivity contribution in [2.75, 3.05) is 32.6 Å². The zero-order chi connectivity index (χ0) is 26.7. The lowest BCUT2D eigenvalue weighted by molar-refractivity contribution is -0.131. The molecule has 1 aromatic heterocycles. The average molecular weight is 513 g/mol. The van der Waals surface area contributed by atoms with E-state index >= 15 is 0 Å². The van der Waals surface area contributed by atoms with Crippen molar-refractivity contribution in [2.45, 2.75) is 19.4 Å². The molecule has 38 heavy (non-hydrogen) atoms. The van der Waals surface area contributed by atoms with E-state index in [1.54, 1.807) is 0 Å². The molecule has 0 radical (unpaired) electrons. The van der Waals surface area contributed by atoms with Crippen LogP contribution in [-0.2, 0) is 11.4 Å². The number of nitrogens with one attached hydrogen (secondary N) is 1. The molecule has 0 saturated heterocycles. The first kappa shape index (κ1) is 26.6. The molecule has 0 saturated carbocycles. The summed E-state index contributed by atoms with van der Waals surface area (Å²) in [7, 11) is 4.08. The van der Waals surface area contributed by atoms with Crippen LogP contribution in [0.5, 0.6) is 11.5 Å². The number of benzene rings is 3. The molecule has 0 fully saturated rings. The first-order chi connectivity index (χ1) is 18.5. The largest absolute Gasteiger partial charge is 0.493 e. The molecule has 0 aliphatic heterocycles. The molecule has 0 aliphatic rings. The molecule has 196 valence electrons. The van der Waals surface area contributed by atoms with E-state index in [2.05, 4.69) is 20.2 Å². The van der Waals surface area contributed by atoms with Gasteiger partial charge < -0.3 is 24.8 Å². The molecule has 0 aliphatic carbocycles. The van der Waals surface area contributed by atoms with Gasteiger partial charge in [0.1, 0.15) is 30.3 Å². The second kappa shape index (κ2) is 13.2. The van der Waals surface area contributed by atoms with Crippen LogP contribution in [0.1, 0.15) is 24.0 Å². The third kappa shape index (κ3) is 7.78. The normalized spacial score (nSPS) is 11.2.